The number of halogens is 3. The van der Waals surface area contributed by atoms with Gasteiger partial charge in [-0.05, 0) is 25.8 Å². The normalized spacial score (nSPS) is 23.9. The van der Waals surface area contributed by atoms with Gasteiger partial charge in [0.1, 0.15) is 11.6 Å². The van der Waals surface area contributed by atoms with E-state index in [0.717, 1.165) is 24.2 Å². The van der Waals surface area contributed by atoms with E-state index >= 15 is 0 Å². The lowest BCUT2D eigenvalue weighted by molar-refractivity contribution is 0.00658. The Bertz CT molecular complexity index is 650. The minimum Gasteiger partial charge on any atom is -0.381 e. The second kappa shape index (κ2) is 5.17. The summed E-state index contributed by atoms with van der Waals surface area (Å²) in [7, 11) is 1.71. The van der Waals surface area contributed by atoms with Gasteiger partial charge in [-0.2, -0.15) is 0 Å². The minimum atomic E-state index is -0.457. The number of hydrogen-bond donors (Lipinski definition) is 0. The molecular weight excluding hydrogens is 302 g/mol. The molecule has 3 nitrogen and oxygen atoms in total. The van der Waals surface area contributed by atoms with Crippen LogP contribution in [-0.4, -0.2) is 22.8 Å². The summed E-state index contributed by atoms with van der Waals surface area (Å²) in [6.07, 6.45) is 2.09. The second-order valence-electron chi connectivity index (χ2n) is 5.19. The van der Waals surface area contributed by atoms with E-state index in [1.165, 1.54) is 6.07 Å². The summed E-state index contributed by atoms with van der Waals surface area (Å²) in [6, 6.07) is 3.27. The van der Waals surface area contributed by atoms with Crippen LogP contribution in [0.3, 0.4) is 0 Å². The molecule has 1 aliphatic carbocycles. The highest BCUT2D eigenvalue weighted by Gasteiger charge is 2.34. The highest BCUT2D eigenvalue weighted by Crippen LogP contribution is 2.40. The third kappa shape index (κ3) is 2.20. The predicted octanol–water partition coefficient (Wildman–Crippen LogP) is 4.48. The molecule has 0 spiro atoms. The Labute approximate surface area is 126 Å². The molecule has 108 valence electrons. The van der Waals surface area contributed by atoms with Gasteiger partial charge in [-0.25, -0.2) is 9.37 Å². The topological polar surface area (TPSA) is 27.1 Å². The number of fused-ring (bicyclic) bond motifs is 1. The lowest BCUT2D eigenvalue weighted by atomic mass is 9.88. The molecule has 0 saturated heterocycles. The molecule has 0 amide bonds. The highest BCUT2D eigenvalue weighted by atomic mass is 35.5. The van der Waals surface area contributed by atoms with Crippen LogP contribution in [0.25, 0.3) is 11.0 Å². The Morgan fingerprint density at radius 2 is 2.15 bits per heavy atom. The van der Waals surface area contributed by atoms with E-state index in [2.05, 4.69) is 9.55 Å². The van der Waals surface area contributed by atoms with Gasteiger partial charge in [-0.15, -0.1) is 11.6 Å². The summed E-state index contributed by atoms with van der Waals surface area (Å²) >= 11 is 12.1. The molecule has 0 radical (unpaired) electrons. The van der Waals surface area contributed by atoms with Crippen molar-refractivity contribution in [3.05, 3.63) is 28.8 Å². The average molecular weight is 317 g/mol. The van der Waals surface area contributed by atoms with Crippen molar-refractivity contribution < 1.29 is 9.13 Å². The molecule has 1 heterocycles. The first kappa shape index (κ1) is 14.1. The Morgan fingerprint density at radius 1 is 1.45 bits per heavy atom. The Kier molecular flexibility index (Phi) is 3.65. The summed E-state index contributed by atoms with van der Waals surface area (Å²) in [5, 5.41) is -0.138. The second-order valence-corrected chi connectivity index (χ2v) is 6.26. The standard InChI is InChI=1S/C14H15Cl2FN2O/c1-7(15)14-18-12-6-11(17)10(16)5-13(12)19(14)8-3-9(4-8)20-2/h5-9H,3-4H2,1-2H3. The van der Waals surface area contributed by atoms with Crippen molar-refractivity contribution in [2.45, 2.75) is 37.3 Å². The molecule has 0 bridgehead atoms. The van der Waals surface area contributed by atoms with Crippen LogP contribution in [0.2, 0.25) is 5.02 Å². The minimum absolute atomic E-state index is 0.107. The number of hydrogen-bond acceptors (Lipinski definition) is 2. The molecule has 1 fully saturated rings. The van der Waals surface area contributed by atoms with Gasteiger partial charge in [0.15, 0.2) is 0 Å². The fourth-order valence-electron chi connectivity index (χ4n) is 2.71. The highest BCUT2D eigenvalue weighted by molar-refractivity contribution is 6.31. The molecule has 0 N–H and O–H groups in total. The Balaban J connectivity index is 2.12. The maximum absolute atomic E-state index is 13.6. The first-order valence-corrected chi connectivity index (χ1v) is 7.36. The Morgan fingerprint density at radius 3 is 2.75 bits per heavy atom. The molecule has 1 aromatic heterocycles. The average Bonchev–Trinajstić information content (AvgIpc) is 2.68. The fourth-order valence-corrected chi connectivity index (χ4v) is 3.03. The summed E-state index contributed by atoms with van der Waals surface area (Å²) in [5.41, 5.74) is 1.42. The summed E-state index contributed by atoms with van der Waals surface area (Å²) < 4.78 is 21.0. The number of rotatable bonds is 3. The SMILES string of the molecule is COC1CC(n2c(C(C)Cl)nc3cc(F)c(Cl)cc32)C1. The molecule has 6 heteroatoms. The van der Waals surface area contributed by atoms with E-state index in [0.29, 0.717) is 5.52 Å². The zero-order valence-corrected chi connectivity index (χ0v) is 12.7. The van der Waals surface area contributed by atoms with E-state index < -0.39 is 5.82 Å². The van der Waals surface area contributed by atoms with E-state index in [9.17, 15) is 4.39 Å². The van der Waals surface area contributed by atoms with Crippen molar-refractivity contribution >= 4 is 34.2 Å². The van der Waals surface area contributed by atoms with Crippen LogP contribution in [0.5, 0.6) is 0 Å². The quantitative estimate of drug-likeness (QED) is 0.781. The van der Waals surface area contributed by atoms with Crippen LogP contribution >= 0.6 is 23.2 Å². The summed E-state index contributed by atoms with van der Waals surface area (Å²) in [5.74, 6) is 0.295. The van der Waals surface area contributed by atoms with Crippen LogP contribution in [0.4, 0.5) is 4.39 Å². The number of ether oxygens (including phenoxy) is 1. The third-order valence-electron chi connectivity index (χ3n) is 3.88. The third-order valence-corrected chi connectivity index (χ3v) is 4.37. The van der Waals surface area contributed by atoms with Gasteiger partial charge in [0, 0.05) is 19.2 Å². The fraction of sp³-hybridized carbons (Fsp3) is 0.500. The van der Waals surface area contributed by atoms with E-state index in [1.807, 2.05) is 6.92 Å². The van der Waals surface area contributed by atoms with E-state index in [4.69, 9.17) is 27.9 Å². The molecule has 3 rings (SSSR count). The zero-order chi connectivity index (χ0) is 14.4. The smallest absolute Gasteiger partial charge is 0.144 e. The number of alkyl halides is 1. The van der Waals surface area contributed by atoms with E-state index in [-0.39, 0.29) is 22.5 Å². The van der Waals surface area contributed by atoms with Crippen LogP contribution in [0.15, 0.2) is 12.1 Å². The molecule has 1 atom stereocenters. The number of imidazole rings is 1. The number of aromatic nitrogens is 2. The number of methoxy groups -OCH3 is 1. The molecule has 0 aliphatic heterocycles. The van der Waals surface area contributed by atoms with Crippen LogP contribution < -0.4 is 0 Å². The largest absolute Gasteiger partial charge is 0.381 e. The maximum atomic E-state index is 13.6. The van der Waals surface area contributed by atoms with Crippen molar-refractivity contribution in [2.75, 3.05) is 7.11 Å². The summed E-state index contributed by atoms with van der Waals surface area (Å²) in [6.45, 7) is 1.86. The van der Waals surface area contributed by atoms with Crippen LogP contribution in [0, 0.1) is 5.82 Å². The van der Waals surface area contributed by atoms with Crippen LogP contribution in [-0.2, 0) is 4.74 Å². The number of benzene rings is 1. The molecular formula is C14H15Cl2FN2O. The Hall–Kier alpha value is -0.840. The molecule has 1 unspecified atom stereocenters. The molecule has 1 aliphatic rings. The van der Waals surface area contributed by atoms with Gasteiger partial charge in [-0.1, -0.05) is 11.6 Å². The molecule has 2 aromatic rings. The van der Waals surface area contributed by atoms with Gasteiger partial charge in [0.2, 0.25) is 0 Å². The first-order chi connectivity index (χ1) is 9.51. The van der Waals surface area contributed by atoms with Gasteiger partial charge in [-0.3, -0.25) is 0 Å². The van der Waals surface area contributed by atoms with Crippen molar-refractivity contribution in [3.63, 3.8) is 0 Å². The number of nitrogens with zero attached hydrogens (tertiary/aromatic N) is 2. The van der Waals surface area contributed by atoms with Crippen LogP contribution in [0.1, 0.15) is 37.0 Å². The molecule has 1 aromatic carbocycles. The van der Waals surface area contributed by atoms with Crippen molar-refractivity contribution in [2.24, 2.45) is 0 Å². The maximum Gasteiger partial charge on any atom is 0.144 e. The van der Waals surface area contributed by atoms with Crippen molar-refractivity contribution in [1.82, 2.24) is 9.55 Å². The van der Waals surface area contributed by atoms with Crippen molar-refractivity contribution in [1.29, 1.82) is 0 Å². The van der Waals surface area contributed by atoms with Gasteiger partial charge >= 0.3 is 0 Å². The lowest BCUT2D eigenvalue weighted by Gasteiger charge is -2.36. The van der Waals surface area contributed by atoms with Gasteiger partial charge in [0.25, 0.3) is 0 Å². The molecule has 1 saturated carbocycles. The van der Waals surface area contributed by atoms with E-state index in [1.54, 1.807) is 13.2 Å². The molecule has 20 heavy (non-hydrogen) atoms. The van der Waals surface area contributed by atoms with Crippen molar-refractivity contribution in [3.8, 4) is 0 Å². The zero-order valence-electron chi connectivity index (χ0n) is 11.2. The lowest BCUT2D eigenvalue weighted by Crippen LogP contribution is -2.33. The predicted molar refractivity (Wildman–Crippen MR) is 78.0 cm³/mol. The van der Waals surface area contributed by atoms with Gasteiger partial charge < -0.3 is 9.30 Å². The first-order valence-electron chi connectivity index (χ1n) is 6.55. The monoisotopic (exact) mass is 316 g/mol. The van der Waals surface area contributed by atoms with Gasteiger partial charge in [0.05, 0.1) is 27.5 Å². The summed E-state index contributed by atoms with van der Waals surface area (Å²) in [4.78, 5) is 4.46.